The monoisotopic (exact) mass is 343 g/mol. The van der Waals surface area contributed by atoms with Crippen molar-refractivity contribution in [2.75, 3.05) is 44.2 Å². The summed E-state index contributed by atoms with van der Waals surface area (Å²) >= 11 is 0. The Balaban J connectivity index is 1.61. The van der Waals surface area contributed by atoms with Crippen molar-refractivity contribution in [1.82, 2.24) is 15.5 Å². The first-order valence-electron chi connectivity index (χ1n) is 8.90. The van der Waals surface area contributed by atoms with Gasteiger partial charge in [-0.15, -0.1) is 0 Å². The van der Waals surface area contributed by atoms with Gasteiger partial charge in [-0.05, 0) is 12.8 Å². The lowest BCUT2D eigenvalue weighted by Crippen LogP contribution is -2.49. The summed E-state index contributed by atoms with van der Waals surface area (Å²) in [5.74, 6) is 0.564. The highest BCUT2D eigenvalue weighted by Crippen LogP contribution is 2.42. The van der Waals surface area contributed by atoms with Gasteiger partial charge >= 0.3 is 0 Å². The molecule has 132 valence electrons. The van der Waals surface area contributed by atoms with E-state index in [0.29, 0.717) is 18.5 Å². The first-order chi connectivity index (χ1) is 11.0. The Kier molecular flexibility index (Phi) is 4.99. The van der Waals surface area contributed by atoms with E-state index in [-0.39, 0.29) is 29.4 Å². The lowest BCUT2D eigenvalue weighted by molar-refractivity contribution is -0.130. The highest BCUT2D eigenvalue weighted by Gasteiger charge is 2.55. The minimum atomic E-state index is -3.03. The molecule has 2 heterocycles. The van der Waals surface area contributed by atoms with Crippen molar-refractivity contribution < 1.29 is 13.2 Å². The molecule has 0 spiro atoms. The third-order valence-electron chi connectivity index (χ3n) is 5.98. The van der Waals surface area contributed by atoms with E-state index in [0.717, 1.165) is 19.6 Å². The molecule has 3 rings (SSSR count). The summed E-state index contributed by atoms with van der Waals surface area (Å²) < 4.78 is 23.2. The van der Waals surface area contributed by atoms with Gasteiger partial charge in [-0.3, -0.25) is 9.69 Å². The van der Waals surface area contributed by atoms with Gasteiger partial charge in [0.2, 0.25) is 5.91 Å². The van der Waals surface area contributed by atoms with Gasteiger partial charge < -0.3 is 10.6 Å². The number of amides is 1. The van der Waals surface area contributed by atoms with Crippen molar-refractivity contribution in [1.29, 1.82) is 0 Å². The van der Waals surface area contributed by atoms with E-state index in [2.05, 4.69) is 15.5 Å². The molecule has 3 fully saturated rings. The number of rotatable bonds is 6. The van der Waals surface area contributed by atoms with Crippen molar-refractivity contribution in [3.63, 3.8) is 0 Å². The fourth-order valence-corrected chi connectivity index (χ4v) is 5.17. The minimum Gasteiger partial charge on any atom is -0.355 e. The second kappa shape index (κ2) is 6.69. The Morgan fingerprint density at radius 3 is 2.78 bits per heavy atom. The molecular weight excluding hydrogens is 314 g/mol. The SMILES string of the molecule is CCS(=O)(=O)CCNC(=O)[C@@]12CNC[C@@H]1CN(C1CCCC1)C2. The van der Waals surface area contributed by atoms with Gasteiger partial charge in [0.15, 0.2) is 9.84 Å². The molecule has 3 aliphatic rings. The van der Waals surface area contributed by atoms with Crippen molar-refractivity contribution in [3.8, 4) is 0 Å². The molecule has 0 aromatic carbocycles. The van der Waals surface area contributed by atoms with Gasteiger partial charge in [-0.2, -0.15) is 0 Å². The largest absolute Gasteiger partial charge is 0.355 e. The number of carbonyl (C=O) groups is 1. The van der Waals surface area contributed by atoms with Crippen LogP contribution in [0.4, 0.5) is 0 Å². The molecule has 7 heteroatoms. The number of carbonyl (C=O) groups excluding carboxylic acids is 1. The zero-order valence-corrected chi connectivity index (χ0v) is 14.8. The second-order valence-corrected chi connectivity index (χ2v) is 9.82. The third-order valence-corrected chi connectivity index (χ3v) is 7.69. The zero-order valence-electron chi connectivity index (χ0n) is 14.0. The van der Waals surface area contributed by atoms with Crippen molar-refractivity contribution in [2.24, 2.45) is 11.3 Å². The van der Waals surface area contributed by atoms with Crippen LogP contribution in [-0.2, 0) is 14.6 Å². The molecule has 2 saturated heterocycles. The second-order valence-electron chi connectivity index (χ2n) is 7.34. The van der Waals surface area contributed by atoms with E-state index >= 15 is 0 Å². The van der Waals surface area contributed by atoms with Crippen LogP contribution < -0.4 is 10.6 Å². The number of hydrogen-bond donors (Lipinski definition) is 2. The maximum Gasteiger partial charge on any atom is 0.229 e. The van der Waals surface area contributed by atoms with Crippen LogP contribution in [0.1, 0.15) is 32.6 Å². The van der Waals surface area contributed by atoms with Crippen LogP contribution in [0, 0.1) is 11.3 Å². The first kappa shape index (κ1) is 17.2. The smallest absolute Gasteiger partial charge is 0.229 e. The van der Waals surface area contributed by atoms with E-state index in [1.165, 1.54) is 25.7 Å². The van der Waals surface area contributed by atoms with E-state index in [1.54, 1.807) is 6.92 Å². The topological polar surface area (TPSA) is 78.5 Å². The number of fused-ring (bicyclic) bond motifs is 1. The zero-order chi connectivity index (χ0) is 16.5. The van der Waals surface area contributed by atoms with E-state index in [9.17, 15) is 13.2 Å². The van der Waals surface area contributed by atoms with E-state index in [1.807, 2.05) is 0 Å². The number of nitrogens with zero attached hydrogens (tertiary/aromatic N) is 1. The molecule has 0 unspecified atom stereocenters. The van der Waals surface area contributed by atoms with Crippen LogP contribution in [0.25, 0.3) is 0 Å². The summed E-state index contributed by atoms with van der Waals surface area (Å²) in [4.78, 5) is 15.3. The number of sulfone groups is 1. The van der Waals surface area contributed by atoms with E-state index in [4.69, 9.17) is 0 Å². The molecule has 2 atom stereocenters. The van der Waals surface area contributed by atoms with Crippen molar-refractivity contribution in [3.05, 3.63) is 0 Å². The Hall–Kier alpha value is -0.660. The summed E-state index contributed by atoms with van der Waals surface area (Å²) in [6.07, 6.45) is 5.12. The van der Waals surface area contributed by atoms with Crippen LogP contribution in [0.15, 0.2) is 0 Å². The fraction of sp³-hybridized carbons (Fsp3) is 0.938. The molecule has 6 nitrogen and oxygen atoms in total. The molecule has 2 N–H and O–H groups in total. The fourth-order valence-electron chi connectivity index (χ4n) is 4.47. The Morgan fingerprint density at radius 2 is 2.09 bits per heavy atom. The molecule has 0 aromatic heterocycles. The molecule has 2 aliphatic heterocycles. The normalized spacial score (nSPS) is 32.3. The van der Waals surface area contributed by atoms with Crippen LogP contribution in [0.3, 0.4) is 0 Å². The van der Waals surface area contributed by atoms with Crippen molar-refractivity contribution >= 4 is 15.7 Å². The summed E-state index contributed by atoms with van der Waals surface area (Å²) in [5, 5.41) is 6.27. The predicted octanol–water partition coefficient (Wildman–Crippen LogP) is 0.00130. The Morgan fingerprint density at radius 1 is 1.35 bits per heavy atom. The van der Waals surface area contributed by atoms with Gasteiger partial charge in [-0.1, -0.05) is 19.8 Å². The molecule has 0 bridgehead atoms. The van der Waals surface area contributed by atoms with Crippen LogP contribution in [0.5, 0.6) is 0 Å². The molecule has 23 heavy (non-hydrogen) atoms. The Labute approximate surface area is 139 Å². The van der Waals surface area contributed by atoms with Gasteiger partial charge in [-0.25, -0.2) is 8.42 Å². The van der Waals surface area contributed by atoms with Crippen LogP contribution in [0.2, 0.25) is 0 Å². The summed E-state index contributed by atoms with van der Waals surface area (Å²) in [6.45, 7) is 5.30. The van der Waals surface area contributed by atoms with Crippen molar-refractivity contribution in [2.45, 2.75) is 38.6 Å². The first-order valence-corrected chi connectivity index (χ1v) is 10.7. The highest BCUT2D eigenvalue weighted by atomic mass is 32.2. The van der Waals surface area contributed by atoms with Gasteiger partial charge in [0.25, 0.3) is 0 Å². The standard InChI is InChI=1S/C16H29N3O3S/c1-2-23(21,22)8-7-18-15(20)16-11-17-9-13(16)10-19(12-16)14-5-3-4-6-14/h13-14,17H,2-12H2,1H3,(H,18,20)/t13-,16-/m1/s1. The summed E-state index contributed by atoms with van der Waals surface area (Å²) in [5.41, 5.74) is -0.363. The number of hydrogen-bond acceptors (Lipinski definition) is 5. The Bertz CT molecular complexity index is 545. The van der Waals surface area contributed by atoms with E-state index < -0.39 is 9.84 Å². The van der Waals surface area contributed by atoms with Gasteiger partial charge in [0, 0.05) is 50.4 Å². The lowest BCUT2D eigenvalue weighted by Gasteiger charge is -2.29. The average molecular weight is 343 g/mol. The molecule has 1 aliphatic carbocycles. The van der Waals surface area contributed by atoms with Crippen LogP contribution in [-0.4, -0.2) is 69.5 Å². The molecule has 0 radical (unpaired) electrons. The number of likely N-dealkylation sites (tertiary alicyclic amines) is 1. The molecular formula is C16H29N3O3S. The van der Waals surface area contributed by atoms with Crippen LogP contribution >= 0.6 is 0 Å². The quantitative estimate of drug-likeness (QED) is 0.710. The molecule has 1 amide bonds. The molecule has 1 saturated carbocycles. The predicted molar refractivity (Wildman–Crippen MR) is 90.0 cm³/mol. The molecule has 0 aromatic rings. The maximum absolute atomic E-state index is 12.8. The number of nitrogens with one attached hydrogen (secondary N) is 2. The highest BCUT2D eigenvalue weighted by molar-refractivity contribution is 7.91. The van der Waals surface area contributed by atoms with Gasteiger partial charge in [0.1, 0.15) is 0 Å². The minimum absolute atomic E-state index is 0.0375. The summed E-state index contributed by atoms with van der Waals surface area (Å²) in [7, 11) is -3.03. The lowest BCUT2D eigenvalue weighted by atomic mass is 9.80. The summed E-state index contributed by atoms with van der Waals surface area (Å²) in [6, 6.07) is 0.644. The van der Waals surface area contributed by atoms with Gasteiger partial charge in [0.05, 0.1) is 11.2 Å². The maximum atomic E-state index is 12.8. The third kappa shape index (κ3) is 3.42. The average Bonchev–Trinajstić information content (AvgIpc) is 3.21.